The molecule has 0 aliphatic carbocycles. The van der Waals surface area contributed by atoms with Crippen LogP contribution in [0.15, 0.2) is 24.5 Å². The van der Waals surface area contributed by atoms with Gasteiger partial charge < -0.3 is 15.0 Å². The van der Waals surface area contributed by atoms with Gasteiger partial charge in [0.2, 0.25) is 5.91 Å². The van der Waals surface area contributed by atoms with Gasteiger partial charge in [-0.05, 0) is 62.9 Å². The highest BCUT2D eigenvalue weighted by Crippen LogP contribution is 2.17. The third kappa shape index (κ3) is 3.85. The average molecular weight is 300 g/mol. The van der Waals surface area contributed by atoms with Crippen molar-refractivity contribution in [1.82, 2.24) is 20.0 Å². The smallest absolute Gasteiger partial charge is 0.220 e. The summed E-state index contributed by atoms with van der Waals surface area (Å²) in [7, 11) is 0. The van der Waals surface area contributed by atoms with Crippen LogP contribution in [0, 0.1) is 12.8 Å². The Morgan fingerprint density at radius 2 is 2.27 bits per heavy atom. The Labute approximate surface area is 131 Å². The molecule has 1 aliphatic rings. The van der Waals surface area contributed by atoms with E-state index in [1.54, 1.807) is 0 Å². The lowest BCUT2D eigenvalue weighted by atomic mass is 9.93. The van der Waals surface area contributed by atoms with Crippen molar-refractivity contribution in [3.05, 3.63) is 35.8 Å². The molecule has 1 aliphatic heterocycles. The number of hydrogen-bond donors (Lipinski definition) is 2. The van der Waals surface area contributed by atoms with Gasteiger partial charge in [0.15, 0.2) is 0 Å². The third-order valence-electron chi connectivity index (χ3n) is 4.37. The second-order valence-corrected chi connectivity index (χ2v) is 6.21. The van der Waals surface area contributed by atoms with E-state index in [-0.39, 0.29) is 5.91 Å². The number of aryl methyl sites for hydroxylation is 1. The van der Waals surface area contributed by atoms with Crippen LogP contribution in [-0.4, -0.2) is 28.4 Å². The van der Waals surface area contributed by atoms with Crippen LogP contribution >= 0.6 is 0 Å². The molecule has 3 rings (SSSR count). The van der Waals surface area contributed by atoms with Crippen LogP contribution in [-0.2, 0) is 11.3 Å². The van der Waals surface area contributed by atoms with Gasteiger partial charge in [-0.25, -0.2) is 4.98 Å². The number of carbonyl (C=O) groups is 1. The largest absolute Gasteiger partial charge is 0.350 e. The highest BCUT2D eigenvalue weighted by Gasteiger charge is 2.14. The number of aromatic nitrogens is 2. The number of amides is 1. The first kappa shape index (κ1) is 15.0. The first-order valence-corrected chi connectivity index (χ1v) is 8.12. The van der Waals surface area contributed by atoms with Gasteiger partial charge in [-0.1, -0.05) is 0 Å². The second-order valence-electron chi connectivity index (χ2n) is 6.21. The van der Waals surface area contributed by atoms with Gasteiger partial charge >= 0.3 is 0 Å². The molecule has 3 heterocycles. The van der Waals surface area contributed by atoms with E-state index in [1.165, 1.54) is 18.4 Å². The fourth-order valence-corrected chi connectivity index (χ4v) is 3.00. The predicted octanol–water partition coefficient (Wildman–Crippen LogP) is 2.04. The van der Waals surface area contributed by atoms with Crippen LogP contribution in [0.4, 0.5) is 0 Å². The number of rotatable bonds is 5. The molecule has 0 aromatic carbocycles. The van der Waals surface area contributed by atoms with Crippen molar-refractivity contribution in [2.45, 2.75) is 39.2 Å². The Bertz CT molecular complexity index is 643. The van der Waals surface area contributed by atoms with Gasteiger partial charge in [0, 0.05) is 18.8 Å². The molecular formula is C17H24N4O. The molecule has 1 saturated heterocycles. The van der Waals surface area contributed by atoms with E-state index in [4.69, 9.17) is 0 Å². The fourth-order valence-electron chi connectivity index (χ4n) is 3.00. The van der Waals surface area contributed by atoms with Crippen LogP contribution in [0.2, 0.25) is 0 Å². The monoisotopic (exact) mass is 300 g/mol. The molecule has 0 unspecified atom stereocenters. The SMILES string of the molecule is Cc1ccn2cc(CNC(=O)CCC3CCNCC3)nc2c1. The van der Waals surface area contributed by atoms with Gasteiger partial charge in [-0.2, -0.15) is 0 Å². The third-order valence-corrected chi connectivity index (χ3v) is 4.37. The Morgan fingerprint density at radius 1 is 1.45 bits per heavy atom. The summed E-state index contributed by atoms with van der Waals surface area (Å²) in [5.41, 5.74) is 3.02. The number of hydrogen-bond acceptors (Lipinski definition) is 3. The second kappa shape index (κ2) is 6.92. The molecule has 5 nitrogen and oxygen atoms in total. The summed E-state index contributed by atoms with van der Waals surface area (Å²) in [4.78, 5) is 16.5. The molecule has 0 atom stereocenters. The molecule has 0 spiro atoms. The normalized spacial score (nSPS) is 16.0. The Balaban J connectivity index is 1.47. The summed E-state index contributed by atoms with van der Waals surface area (Å²) in [5, 5.41) is 6.34. The van der Waals surface area contributed by atoms with Gasteiger partial charge in [-0.3, -0.25) is 4.79 Å². The molecule has 0 saturated carbocycles. The number of carbonyl (C=O) groups excluding carboxylic acids is 1. The number of fused-ring (bicyclic) bond motifs is 1. The van der Waals surface area contributed by atoms with Crippen molar-refractivity contribution in [2.24, 2.45) is 5.92 Å². The first-order chi connectivity index (χ1) is 10.7. The molecule has 118 valence electrons. The fraction of sp³-hybridized carbons (Fsp3) is 0.529. The van der Waals surface area contributed by atoms with Gasteiger partial charge in [0.1, 0.15) is 5.65 Å². The highest BCUT2D eigenvalue weighted by molar-refractivity contribution is 5.75. The molecule has 2 N–H and O–H groups in total. The number of pyridine rings is 1. The predicted molar refractivity (Wildman–Crippen MR) is 86.6 cm³/mol. The molecule has 0 bridgehead atoms. The number of nitrogens with one attached hydrogen (secondary N) is 2. The first-order valence-electron chi connectivity index (χ1n) is 8.12. The quantitative estimate of drug-likeness (QED) is 0.888. The molecular weight excluding hydrogens is 276 g/mol. The average Bonchev–Trinajstić information content (AvgIpc) is 2.94. The van der Waals surface area contributed by atoms with Crippen LogP contribution in [0.1, 0.15) is 36.9 Å². The summed E-state index contributed by atoms with van der Waals surface area (Å²) in [6.07, 6.45) is 7.98. The summed E-state index contributed by atoms with van der Waals surface area (Å²) in [6, 6.07) is 4.10. The van der Waals surface area contributed by atoms with Crippen molar-refractivity contribution < 1.29 is 4.79 Å². The zero-order valence-electron chi connectivity index (χ0n) is 13.1. The highest BCUT2D eigenvalue weighted by atomic mass is 16.1. The number of piperidine rings is 1. The van der Waals surface area contributed by atoms with Gasteiger partial charge in [0.25, 0.3) is 0 Å². The zero-order chi connectivity index (χ0) is 15.4. The van der Waals surface area contributed by atoms with Crippen LogP contribution < -0.4 is 10.6 Å². The summed E-state index contributed by atoms with van der Waals surface area (Å²) >= 11 is 0. The number of nitrogens with zero attached hydrogens (tertiary/aromatic N) is 2. The maximum atomic E-state index is 12.0. The lowest BCUT2D eigenvalue weighted by Crippen LogP contribution is -2.29. The zero-order valence-corrected chi connectivity index (χ0v) is 13.1. The van der Waals surface area contributed by atoms with E-state index >= 15 is 0 Å². The molecule has 0 radical (unpaired) electrons. The van der Waals surface area contributed by atoms with E-state index < -0.39 is 0 Å². The molecule has 1 amide bonds. The maximum absolute atomic E-state index is 12.0. The lowest BCUT2D eigenvalue weighted by molar-refractivity contribution is -0.121. The minimum atomic E-state index is 0.131. The summed E-state index contributed by atoms with van der Waals surface area (Å²) in [6.45, 7) is 4.74. The van der Waals surface area contributed by atoms with Crippen molar-refractivity contribution in [3.8, 4) is 0 Å². The van der Waals surface area contributed by atoms with E-state index in [1.807, 2.05) is 22.9 Å². The van der Waals surface area contributed by atoms with E-state index in [0.29, 0.717) is 18.9 Å². The molecule has 22 heavy (non-hydrogen) atoms. The molecule has 1 fully saturated rings. The standard InChI is InChI=1S/C17H24N4O/c1-13-6-9-21-12-15(20-16(21)10-13)11-19-17(22)3-2-14-4-7-18-8-5-14/h6,9-10,12,14,18H,2-5,7-8,11H2,1H3,(H,19,22). The topological polar surface area (TPSA) is 58.4 Å². The van der Waals surface area contributed by atoms with Gasteiger partial charge in [-0.15, -0.1) is 0 Å². The molecule has 5 heteroatoms. The minimum absolute atomic E-state index is 0.131. The van der Waals surface area contributed by atoms with Crippen LogP contribution in [0.5, 0.6) is 0 Å². The molecule has 2 aromatic rings. The minimum Gasteiger partial charge on any atom is -0.350 e. The Morgan fingerprint density at radius 3 is 3.09 bits per heavy atom. The maximum Gasteiger partial charge on any atom is 0.220 e. The van der Waals surface area contributed by atoms with E-state index in [0.717, 1.165) is 30.9 Å². The van der Waals surface area contributed by atoms with Crippen molar-refractivity contribution >= 4 is 11.6 Å². The Kier molecular flexibility index (Phi) is 4.73. The van der Waals surface area contributed by atoms with Crippen molar-refractivity contribution in [3.63, 3.8) is 0 Å². The summed E-state index contributed by atoms with van der Waals surface area (Å²) < 4.78 is 1.99. The number of imidazole rings is 1. The lowest BCUT2D eigenvalue weighted by Gasteiger charge is -2.22. The van der Waals surface area contributed by atoms with E-state index in [2.05, 4.69) is 28.6 Å². The van der Waals surface area contributed by atoms with Crippen LogP contribution in [0.25, 0.3) is 5.65 Å². The van der Waals surface area contributed by atoms with Crippen LogP contribution in [0.3, 0.4) is 0 Å². The van der Waals surface area contributed by atoms with Crippen molar-refractivity contribution in [2.75, 3.05) is 13.1 Å². The molecule has 2 aromatic heterocycles. The summed E-state index contributed by atoms with van der Waals surface area (Å²) in [5.74, 6) is 0.830. The van der Waals surface area contributed by atoms with E-state index in [9.17, 15) is 4.79 Å². The van der Waals surface area contributed by atoms with Crippen molar-refractivity contribution in [1.29, 1.82) is 0 Å². The van der Waals surface area contributed by atoms with Gasteiger partial charge in [0.05, 0.1) is 12.2 Å². The Hall–Kier alpha value is -1.88.